The Hall–Kier alpha value is -7.64. The molecule has 0 aliphatic carbocycles. The molecule has 0 spiro atoms. The van der Waals surface area contributed by atoms with Gasteiger partial charge in [0, 0.05) is 56.1 Å². The van der Waals surface area contributed by atoms with Gasteiger partial charge < -0.3 is 16.4 Å². The van der Waals surface area contributed by atoms with Crippen molar-refractivity contribution < 1.29 is 4.79 Å². The van der Waals surface area contributed by atoms with E-state index in [1.807, 2.05) is 37.3 Å². The molecule has 7 rings (SSSR count). The van der Waals surface area contributed by atoms with E-state index in [1.54, 1.807) is 103 Å². The number of hydrazone groups is 1. The van der Waals surface area contributed by atoms with E-state index in [0.29, 0.717) is 60.5 Å². The van der Waals surface area contributed by atoms with Crippen LogP contribution >= 0.6 is 23.2 Å². The first kappa shape index (κ1) is 37.7. The van der Waals surface area contributed by atoms with Crippen LogP contribution in [0.5, 0.6) is 0 Å². The molecule has 0 fully saturated rings. The van der Waals surface area contributed by atoms with E-state index in [4.69, 9.17) is 44.0 Å². The Morgan fingerprint density at radius 3 is 1.56 bits per heavy atom. The van der Waals surface area contributed by atoms with Gasteiger partial charge in [0.25, 0.3) is 0 Å². The van der Waals surface area contributed by atoms with Crippen molar-refractivity contribution in [3.8, 4) is 34.4 Å². The number of urea groups is 1. The molecule has 4 N–H and O–H groups in total. The molecule has 7 aromatic rings. The summed E-state index contributed by atoms with van der Waals surface area (Å²) in [5.74, 6) is 0.312. The van der Waals surface area contributed by atoms with Gasteiger partial charge in [-0.1, -0.05) is 71.7 Å². The van der Waals surface area contributed by atoms with Crippen LogP contribution in [0.2, 0.25) is 10.0 Å². The summed E-state index contributed by atoms with van der Waals surface area (Å²) in [5.41, 5.74) is 12.0. The number of primary amides is 1. The number of aromatic nitrogens is 4. The van der Waals surface area contributed by atoms with E-state index in [1.165, 1.54) is 0 Å². The lowest BCUT2D eigenvalue weighted by atomic mass is 9.97. The van der Waals surface area contributed by atoms with Gasteiger partial charge in [0.2, 0.25) is 11.9 Å². The number of anilines is 5. The molecular weight excluding hydrogens is 757 g/mol. The molecule has 0 aliphatic rings. The number of hydrogen-bond acceptors (Lipinski definition) is 10. The van der Waals surface area contributed by atoms with Crippen LogP contribution in [0, 0.1) is 29.6 Å². The first-order valence-electron chi connectivity index (χ1n) is 17.2. The third kappa shape index (κ3) is 8.53. The summed E-state index contributed by atoms with van der Waals surface area (Å²) in [7, 11) is 0. The molecule has 2 aromatic heterocycles. The van der Waals surface area contributed by atoms with E-state index < -0.39 is 6.03 Å². The van der Waals surface area contributed by atoms with Crippen LogP contribution in [0.1, 0.15) is 28.1 Å². The molecule has 276 valence electrons. The topological polar surface area (TPSA) is 182 Å². The van der Waals surface area contributed by atoms with E-state index in [0.717, 1.165) is 10.6 Å². The number of nitrogens with zero attached hydrogens (tertiary/aromatic N) is 8. The maximum Gasteiger partial charge on any atom is 0.340 e. The Morgan fingerprint density at radius 2 is 1.14 bits per heavy atom. The van der Waals surface area contributed by atoms with Crippen LogP contribution < -0.4 is 21.4 Å². The number of benzene rings is 5. The Kier molecular flexibility index (Phi) is 11.1. The van der Waals surface area contributed by atoms with Crippen molar-refractivity contribution in [1.29, 1.82) is 10.5 Å². The second-order valence-electron chi connectivity index (χ2n) is 12.4. The number of hydrogen-bond donors (Lipinski definition) is 3. The average molecular weight is 787 g/mol. The molecule has 0 bridgehead atoms. The SMILES string of the molecule is Cc1cccc(N(N=C(c2nc(Nc3ccc(C#N)cc3)ncc2-c2ccccc2Cl)c2nc(Nc3ccc(C#N)cc3)ncc2-c2ccccc2Cl)C(N)=O)c1. The lowest BCUT2D eigenvalue weighted by molar-refractivity contribution is 0.254. The fourth-order valence-electron chi connectivity index (χ4n) is 5.81. The first-order valence-corrected chi connectivity index (χ1v) is 18.0. The predicted molar refractivity (Wildman–Crippen MR) is 223 cm³/mol. The standard InChI is InChI=1S/C43H29Cl2N11O/c1-26-7-6-8-31(21-26)56(41(48)57)55-40(38-34(32-9-2-4-11-36(32)44)24-49-42(53-38)51-29-17-13-27(22-46)14-18-29)39-35(33-10-3-5-12-37(33)45)25-50-43(54-39)52-30-19-15-28(23-47)16-20-30/h2-21,24-25H,1H3,(H2,48,57)(H,49,51,53)(H,50,52,54). The fourth-order valence-corrected chi connectivity index (χ4v) is 6.29. The molecular formula is C43H29Cl2N11O. The highest BCUT2D eigenvalue weighted by molar-refractivity contribution is 6.34. The highest BCUT2D eigenvalue weighted by Crippen LogP contribution is 2.36. The number of carbonyl (C=O) groups is 1. The van der Waals surface area contributed by atoms with Gasteiger partial charge in [0.1, 0.15) is 17.1 Å². The maximum atomic E-state index is 13.4. The van der Waals surface area contributed by atoms with E-state index >= 15 is 0 Å². The summed E-state index contributed by atoms with van der Waals surface area (Å²) in [6.45, 7) is 1.88. The third-order valence-electron chi connectivity index (χ3n) is 8.55. The Balaban J connectivity index is 1.54. The zero-order valence-corrected chi connectivity index (χ0v) is 31.5. The van der Waals surface area contributed by atoms with Gasteiger partial charge in [-0.25, -0.2) is 24.7 Å². The number of rotatable bonds is 10. The summed E-state index contributed by atoms with van der Waals surface area (Å²) in [5, 5.41) is 32.0. The van der Waals surface area contributed by atoms with Crippen LogP contribution in [0.3, 0.4) is 0 Å². The zero-order valence-electron chi connectivity index (χ0n) is 30.0. The van der Waals surface area contributed by atoms with Crippen LogP contribution in [0.15, 0.2) is 139 Å². The number of nitrogens with one attached hydrogen (secondary N) is 2. The minimum atomic E-state index is -0.883. The quantitative estimate of drug-likeness (QED) is 0.0898. The van der Waals surface area contributed by atoms with Gasteiger partial charge in [-0.15, -0.1) is 0 Å². The van der Waals surface area contributed by atoms with E-state index in [2.05, 4.69) is 32.7 Å². The Morgan fingerprint density at radius 1 is 0.667 bits per heavy atom. The molecule has 0 aliphatic heterocycles. The van der Waals surface area contributed by atoms with Crippen molar-refractivity contribution >= 4 is 63.9 Å². The smallest absolute Gasteiger partial charge is 0.340 e. The van der Waals surface area contributed by atoms with Crippen LogP contribution in [0.4, 0.5) is 33.8 Å². The lowest BCUT2D eigenvalue weighted by Crippen LogP contribution is -2.33. The number of amides is 2. The summed E-state index contributed by atoms with van der Waals surface area (Å²) >= 11 is 13.7. The molecule has 0 atom stereocenters. The summed E-state index contributed by atoms with van der Waals surface area (Å²) in [6.07, 6.45) is 3.19. The van der Waals surface area contributed by atoms with Crippen molar-refractivity contribution in [2.24, 2.45) is 10.8 Å². The molecule has 0 radical (unpaired) electrons. The lowest BCUT2D eigenvalue weighted by Gasteiger charge is -2.21. The molecule has 2 amide bonds. The number of aryl methyl sites for hydroxylation is 1. The van der Waals surface area contributed by atoms with E-state index in [-0.39, 0.29) is 29.0 Å². The second-order valence-corrected chi connectivity index (χ2v) is 13.3. The van der Waals surface area contributed by atoms with Crippen molar-refractivity contribution in [2.75, 3.05) is 15.6 Å². The summed E-state index contributed by atoms with van der Waals surface area (Å²) in [4.78, 5) is 32.7. The van der Waals surface area contributed by atoms with Gasteiger partial charge >= 0.3 is 6.03 Å². The Labute approximate surface area is 337 Å². The number of halogens is 2. The van der Waals surface area contributed by atoms with Gasteiger partial charge in [-0.05, 0) is 85.3 Å². The van der Waals surface area contributed by atoms with Gasteiger partial charge in [0.15, 0.2) is 0 Å². The average Bonchev–Trinajstić information content (AvgIpc) is 3.22. The van der Waals surface area contributed by atoms with Gasteiger partial charge in [0.05, 0.1) is 29.0 Å². The minimum Gasteiger partial charge on any atom is -0.350 e. The Bertz CT molecular complexity index is 2590. The predicted octanol–water partition coefficient (Wildman–Crippen LogP) is 9.78. The zero-order chi connectivity index (χ0) is 39.9. The highest BCUT2D eigenvalue weighted by atomic mass is 35.5. The van der Waals surface area contributed by atoms with Crippen molar-refractivity contribution in [3.63, 3.8) is 0 Å². The normalized spacial score (nSPS) is 10.5. The molecule has 5 aromatic carbocycles. The number of nitriles is 2. The largest absolute Gasteiger partial charge is 0.350 e. The molecule has 12 nitrogen and oxygen atoms in total. The molecule has 57 heavy (non-hydrogen) atoms. The van der Waals surface area contributed by atoms with Crippen LogP contribution in [-0.4, -0.2) is 31.7 Å². The van der Waals surface area contributed by atoms with Crippen LogP contribution in [-0.2, 0) is 0 Å². The van der Waals surface area contributed by atoms with Crippen molar-refractivity contribution in [3.05, 3.63) is 172 Å². The fraction of sp³-hybridized carbons (Fsp3) is 0.0233. The number of carbonyl (C=O) groups excluding carboxylic acids is 1. The summed E-state index contributed by atoms with van der Waals surface area (Å²) < 4.78 is 0. The minimum absolute atomic E-state index is 0.0794. The molecule has 14 heteroatoms. The van der Waals surface area contributed by atoms with Gasteiger partial charge in [-0.2, -0.15) is 20.6 Å². The molecule has 0 saturated heterocycles. The van der Waals surface area contributed by atoms with Crippen molar-refractivity contribution in [2.45, 2.75) is 6.92 Å². The highest BCUT2D eigenvalue weighted by Gasteiger charge is 2.27. The van der Waals surface area contributed by atoms with Crippen molar-refractivity contribution in [1.82, 2.24) is 19.9 Å². The molecule has 0 saturated carbocycles. The molecule has 0 unspecified atom stereocenters. The monoisotopic (exact) mass is 785 g/mol. The number of nitrogens with two attached hydrogens (primary N) is 1. The maximum absolute atomic E-state index is 13.4. The first-order chi connectivity index (χ1) is 27.7. The third-order valence-corrected chi connectivity index (χ3v) is 9.21. The van der Waals surface area contributed by atoms with Gasteiger partial charge in [-0.3, -0.25) is 0 Å². The second kappa shape index (κ2) is 16.8. The van der Waals surface area contributed by atoms with E-state index in [9.17, 15) is 15.3 Å². The van der Waals surface area contributed by atoms with Crippen LogP contribution in [0.25, 0.3) is 22.3 Å². The molecule has 2 heterocycles. The summed E-state index contributed by atoms with van der Waals surface area (Å²) in [6, 6.07) is 38.4.